The molecule has 0 unspecified atom stereocenters. The molecule has 0 aliphatic rings. The van der Waals surface area contributed by atoms with Gasteiger partial charge in [-0.25, -0.2) is 27.9 Å². The van der Waals surface area contributed by atoms with Crippen LogP contribution in [-0.2, 0) is 17.9 Å². The zero-order valence-electron chi connectivity index (χ0n) is 18.6. The first-order valence-electron chi connectivity index (χ1n) is 10.4. The molecule has 0 fully saturated rings. The van der Waals surface area contributed by atoms with Crippen LogP contribution in [0.1, 0.15) is 24.5 Å². The van der Waals surface area contributed by atoms with Crippen molar-refractivity contribution in [1.82, 2.24) is 14.1 Å². The van der Waals surface area contributed by atoms with E-state index < -0.39 is 36.3 Å². The average Bonchev–Trinajstić information content (AvgIpc) is 2.78. The summed E-state index contributed by atoms with van der Waals surface area (Å²) < 4.78 is 32.6. The summed E-state index contributed by atoms with van der Waals surface area (Å²) in [6.07, 6.45) is -4.32. The van der Waals surface area contributed by atoms with Crippen LogP contribution in [-0.4, -0.2) is 37.7 Å². The summed E-state index contributed by atoms with van der Waals surface area (Å²) in [4.78, 5) is 43.4. The Bertz CT molecular complexity index is 1330. The second-order valence-corrected chi connectivity index (χ2v) is 7.67. The number of rotatable bonds is 9. The molecule has 1 atom stereocenters. The van der Waals surface area contributed by atoms with E-state index in [-0.39, 0.29) is 24.5 Å². The van der Waals surface area contributed by atoms with Gasteiger partial charge >= 0.3 is 17.3 Å². The molecule has 3 rings (SSSR count). The van der Waals surface area contributed by atoms with Gasteiger partial charge in [-0.2, -0.15) is 0 Å². The number of nitrogens with one attached hydrogen (secondary N) is 1. The predicted molar refractivity (Wildman–Crippen MR) is 120 cm³/mol. The number of nitrogens with zero attached hydrogens (tertiary/aromatic N) is 3. The van der Waals surface area contributed by atoms with Crippen LogP contribution < -0.4 is 21.7 Å². The normalized spacial score (nSPS) is 12.7. The highest BCUT2D eigenvalue weighted by Crippen LogP contribution is 2.20. The minimum atomic E-state index is -2.64. The van der Waals surface area contributed by atoms with Gasteiger partial charge in [-0.3, -0.25) is 14.3 Å². The van der Waals surface area contributed by atoms with Crippen molar-refractivity contribution in [3.8, 4) is 5.75 Å². The third-order valence-electron chi connectivity index (χ3n) is 4.94. The van der Waals surface area contributed by atoms with Crippen molar-refractivity contribution in [3.63, 3.8) is 0 Å². The van der Waals surface area contributed by atoms with E-state index in [1.54, 1.807) is 0 Å². The number of halogens is 2. The van der Waals surface area contributed by atoms with Gasteiger partial charge < -0.3 is 9.84 Å². The molecule has 180 valence electrons. The number of carboxylic acids is 1. The van der Waals surface area contributed by atoms with Crippen molar-refractivity contribution in [1.29, 1.82) is 0 Å². The number of aromatic amines is 1. The van der Waals surface area contributed by atoms with Gasteiger partial charge in [0, 0.05) is 6.54 Å². The van der Waals surface area contributed by atoms with Crippen LogP contribution in [0.2, 0.25) is 0 Å². The molecular formula is C23H24F2N4O5. The smallest absolute Gasteiger partial charge is 0.335 e. The number of hydrogen-bond donors (Lipinski definition) is 2. The molecule has 0 radical (unpaired) electrons. The largest absolute Gasteiger partial charge is 0.485 e. The maximum Gasteiger partial charge on any atom is 0.335 e. The Balaban J connectivity index is 2.05. The number of H-pyrrole nitrogens is 1. The van der Waals surface area contributed by atoms with Crippen LogP contribution in [0.3, 0.4) is 0 Å². The average molecular weight is 474 g/mol. The molecule has 34 heavy (non-hydrogen) atoms. The van der Waals surface area contributed by atoms with E-state index in [0.717, 1.165) is 15.7 Å². The Morgan fingerprint density at radius 2 is 1.74 bits per heavy atom. The summed E-state index contributed by atoms with van der Waals surface area (Å²) in [5.74, 6) is -0.925. The SMILES string of the molecule is Cc1ccc(Cn2c(=O)n(CCC(=O)O)c(=O)[nH]/c2=N\c2ccc(O[C@H](C)C(F)F)cc2)cc1. The topological polar surface area (TPSA) is 119 Å². The lowest BCUT2D eigenvalue weighted by Crippen LogP contribution is -2.50. The van der Waals surface area contributed by atoms with Gasteiger partial charge in [0.1, 0.15) is 5.75 Å². The van der Waals surface area contributed by atoms with Crippen LogP contribution in [0.15, 0.2) is 63.1 Å². The lowest BCUT2D eigenvalue weighted by molar-refractivity contribution is -0.137. The summed E-state index contributed by atoms with van der Waals surface area (Å²) in [6.45, 7) is 2.95. The number of carbonyl (C=O) groups is 1. The summed E-state index contributed by atoms with van der Waals surface area (Å²) in [5.41, 5.74) is 0.587. The maximum atomic E-state index is 13.1. The second kappa shape index (κ2) is 10.7. The molecule has 3 aromatic rings. The van der Waals surface area contributed by atoms with Crippen LogP contribution >= 0.6 is 0 Å². The summed E-state index contributed by atoms with van der Waals surface area (Å²) in [6, 6.07) is 13.3. The van der Waals surface area contributed by atoms with Crippen LogP contribution in [0.25, 0.3) is 0 Å². The molecule has 1 aromatic heterocycles. The number of alkyl halides is 2. The van der Waals surface area contributed by atoms with Crippen molar-refractivity contribution in [2.45, 2.75) is 45.9 Å². The molecule has 1 heterocycles. The maximum absolute atomic E-state index is 13.1. The number of aromatic nitrogens is 3. The highest BCUT2D eigenvalue weighted by atomic mass is 19.3. The van der Waals surface area contributed by atoms with Gasteiger partial charge in [0.25, 0.3) is 6.43 Å². The fourth-order valence-electron chi connectivity index (χ4n) is 3.05. The van der Waals surface area contributed by atoms with E-state index in [1.165, 1.54) is 35.8 Å². The molecular weight excluding hydrogens is 450 g/mol. The van der Waals surface area contributed by atoms with Gasteiger partial charge in [0.2, 0.25) is 5.62 Å². The molecule has 0 saturated heterocycles. The first kappa shape index (κ1) is 24.6. The minimum Gasteiger partial charge on any atom is -0.485 e. The third kappa shape index (κ3) is 6.27. The van der Waals surface area contributed by atoms with Crippen LogP contribution in [0, 0.1) is 6.92 Å². The van der Waals surface area contributed by atoms with Crippen molar-refractivity contribution in [2.24, 2.45) is 4.99 Å². The molecule has 0 aliphatic heterocycles. The summed E-state index contributed by atoms with van der Waals surface area (Å²) in [7, 11) is 0. The molecule has 0 aliphatic carbocycles. The second-order valence-electron chi connectivity index (χ2n) is 7.67. The molecule has 0 saturated carbocycles. The molecule has 2 N–H and O–H groups in total. The van der Waals surface area contributed by atoms with Crippen molar-refractivity contribution >= 4 is 11.7 Å². The standard InChI is InChI=1S/C23H24F2N4O5/c1-14-3-5-16(6-4-14)13-29-21(27-22(32)28(23(29)33)12-11-19(30)31)26-17-7-9-18(10-8-17)34-15(2)20(24)25/h3-10,15,20H,11-13H2,1-2H3,(H,30,31)(H,26,27,32)/t15-/m1/s1. The third-order valence-corrected chi connectivity index (χ3v) is 4.94. The molecule has 9 nitrogen and oxygen atoms in total. The van der Waals surface area contributed by atoms with E-state index >= 15 is 0 Å². The van der Waals surface area contributed by atoms with Gasteiger partial charge in [0.15, 0.2) is 6.10 Å². The van der Waals surface area contributed by atoms with Gasteiger partial charge in [-0.05, 0) is 43.7 Å². The predicted octanol–water partition coefficient (Wildman–Crippen LogP) is 2.43. The number of ether oxygens (including phenoxy) is 1. The molecule has 0 spiro atoms. The lowest BCUT2D eigenvalue weighted by Gasteiger charge is -2.13. The minimum absolute atomic E-state index is 0.0447. The first-order chi connectivity index (χ1) is 16.1. The quantitative estimate of drug-likeness (QED) is 0.494. The highest BCUT2D eigenvalue weighted by Gasteiger charge is 2.16. The Hall–Kier alpha value is -4.02. The van der Waals surface area contributed by atoms with Gasteiger partial charge in [0.05, 0.1) is 18.7 Å². The Morgan fingerprint density at radius 3 is 2.32 bits per heavy atom. The highest BCUT2D eigenvalue weighted by molar-refractivity contribution is 5.66. The van der Waals surface area contributed by atoms with E-state index in [1.807, 2.05) is 31.2 Å². The fraction of sp³-hybridized carbons (Fsp3) is 0.304. The first-order valence-corrected chi connectivity index (χ1v) is 10.4. The van der Waals surface area contributed by atoms with E-state index in [0.29, 0.717) is 5.69 Å². The van der Waals surface area contributed by atoms with E-state index in [2.05, 4.69) is 9.98 Å². The Kier molecular flexibility index (Phi) is 7.77. The Morgan fingerprint density at radius 1 is 1.09 bits per heavy atom. The molecule has 2 aromatic carbocycles. The lowest BCUT2D eigenvalue weighted by atomic mass is 10.1. The number of benzene rings is 2. The van der Waals surface area contributed by atoms with E-state index in [4.69, 9.17) is 9.84 Å². The number of aryl methyl sites for hydroxylation is 1. The van der Waals surface area contributed by atoms with E-state index in [9.17, 15) is 23.2 Å². The molecule has 0 bridgehead atoms. The van der Waals surface area contributed by atoms with Crippen LogP contribution in [0.5, 0.6) is 5.75 Å². The summed E-state index contributed by atoms with van der Waals surface area (Å²) in [5, 5.41) is 8.94. The molecule has 0 amide bonds. The zero-order chi connectivity index (χ0) is 24.8. The Labute approximate surface area is 192 Å². The van der Waals surface area contributed by atoms with Gasteiger partial charge in [-0.15, -0.1) is 0 Å². The van der Waals surface area contributed by atoms with Crippen molar-refractivity contribution in [3.05, 3.63) is 86.2 Å². The van der Waals surface area contributed by atoms with Crippen molar-refractivity contribution < 1.29 is 23.4 Å². The number of hydrogen-bond acceptors (Lipinski definition) is 5. The number of carboxylic acid groups (broad SMARTS) is 1. The monoisotopic (exact) mass is 474 g/mol. The van der Waals surface area contributed by atoms with Gasteiger partial charge in [-0.1, -0.05) is 29.8 Å². The summed E-state index contributed by atoms with van der Waals surface area (Å²) >= 11 is 0. The fourth-order valence-corrected chi connectivity index (χ4v) is 3.05. The molecule has 11 heteroatoms. The van der Waals surface area contributed by atoms with Crippen LogP contribution in [0.4, 0.5) is 14.5 Å². The number of aliphatic carboxylic acids is 1. The zero-order valence-corrected chi connectivity index (χ0v) is 18.6. The van der Waals surface area contributed by atoms with Crippen molar-refractivity contribution in [2.75, 3.05) is 0 Å².